The van der Waals surface area contributed by atoms with Crippen molar-refractivity contribution in [3.8, 4) is 0 Å². The number of hydrogen-bond donors (Lipinski definition) is 1. The summed E-state index contributed by atoms with van der Waals surface area (Å²) in [6.45, 7) is 7.00. The predicted molar refractivity (Wildman–Crippen MR) is 58.8 cm³/mol. The zero-order valence-electron chi connectivity index (χ0n) is 9.64. The molecule has 0 heterocycles. The van der Waals surface area contributed by atoms with Crippen LogP contribution in [0, 0.1) is 17.8 Å². The van der Waals surface area contributed by atoms with Crippen molar-refractivity contribution < 1.29 is 0 Å². The second kappa shape index (κ2) is 4.99. The summed E-state index contributed by atoms with van der Waals surface area (Å²) < 4.78 is 0. The highest BCUT2D eigenvalue weighted by molar-refractivity contribution is 4.85. The van der Waals surface area contributed by atoms with E-state index < -0.39 is 0 Å². The summed E-state index contributed by atoms with van der Waals surface area (Å²) in [7, 11) is 2.12. The minimum absolute atomic E-state index is 0.747. The Labute approximate surface area is 83.3 Å². The topological polar surface area (TPSA) is 12.0 Å². The molecule has 0 aromatic rings. The maximum absolute atomic E-state index is 3.49. The van der Waals surface area contributed by atoms with Gasteiger partial charge in [-0.2, -0.15) is 0 Å². The van der Waals surface area contributed by atoms with Crippen LogP contribution >= 0.6 is 0 Å². The van der Waals surface area contributed by atoms with Crippen molar-refractivity contribution in [3.63, 3.8) is 0 Å². The van der Waals surface area contributed by atoms with Crippen LogP contribution in [0.15, 0.2) is 0 Å². The molecular weight excluding hydrogens is 158 g/mol. The number of hydrogen-bond acceptors (Lipinski definition) is 1. The van der Waals surface area contributed by atoms with Gasteiger partial charge in [0.2, 0.25) is 0 Å². The van der Waals surface area contributed by atoms with E-state index in [1.54, 1.807) is 0 Å². The molecule has 1 saturated carbocycles. The summed E-state index contributed by atoms with van der Waals surface area (Å²) >= 11 is 0. The first-order valence-electron chi connectivity index (χ1n) is 5.86. The van der Waals surface area contributed by atoms with Gasteiger partial charge in [-0.3, -0.25) is 0 Å². The molecule has 1 heteroatoms. The van der Waals surface area contributed by atoms with E-state index in [2.05, 4.69) is 33.1 Å². The lowest BCUT2D eigenvalue weighted by molar-refractivity contribution is 0.293. The van der Waals surface area contributed by atoms with E-state index in [-0.39, 0.29) is 0 Å². The first-order valence-corrected chi connectivity index (χ1v) is 5.86. The van der Waals surface area contributed by atoms with E-state index in [1.807, 2.05) is 0 Å². The molecule has 3 unspecified atom stereocenters. The Morgan fingerprint density at radius 3 is 2.38 bits per heavy atom. The molecule has 1 N–H and O–H groups in total. The molecule has 13 heavy (non-hydrogen) atoms. The molecular formula is C12H25N. The van der Waals surface area contributed by atoms with Crippen molar-refractivity contribution >= 4 is 0 Å². The molecule has 1 fully saturated rings. The summed E-state index contributed by atoms with van der Waals surface area (Å²) in [4.78, 5) is 0. The van der Waals surface area contributed by atoms with Gasteiger partial charge in [0, 0.05) is 6.04 Å². The van der Waals surface area contributed by atoms with Crippen molar-refractivity contribution in [3.05, 3.63) is 0 Å². The van der Waals surface area contributed by atoms with Gasteiger partial charge in [-0.15, -0.1) is 0 Å². The summed E-state index contributed by atoms with van der Waals surface area (Å²) in [5, 5.41) is 3.49. The molecule has 0 aromatic carbocycles. The third-order valence-electron chi connectivity index (χ3n) is 3.72. The quantitative estimate of drug-likeness (QED) is 0.706. The van der Waals surface area contributed by atoms with Crippen LogP contribution in [-0.4, -0.2) is 13.1 Å². The Hall–Kier alpha value is -0.0400. The molecule has 0 aliphatic heterocycles. The van der Waals surface area contributed by atoms with Crippen molar-refractivity contribution in [2.24, 2.45) is 17.8 Å². The minimum atomic E-state index is 0.747. The zero-order valence-corrected chi connectivity index (χ0v) is 9.64. The predicted octanol–water partition coefficient (Wildman–Crippen LogP) is 3.06. The Bertz CT molecular complexity index is 142. The summed E-state index contributed by atoms with van der Waals surface area (Å²) in [5.41, 5.74) is 0. The Balaban J connectivity index is 2.43. The maximum atomic E-state index is 3.49. The first-order chi connectivity index (χ1) is 6.19. The summed E-state index contributed by atoms with van der Waals surface area (Å²) in [6, 6.07) is 0.747. The second-order valence-corrected chi connectivity index (χ2v) is 4.91. The van der Waals surface area contributed by atoms with Gasteiger partial charge < -0.3 is 5.32 Å². The van der Waals surface area contributed by atoms with Crippen molar-refractivity contribution in [1.82, 2.24) is 5.32 Å². The molecule has 0 amide bonds. The van der Waals surface area contributed by atoms with Gasteiger partial charge in [0.05, 0.1) is 0 Å². The second-order valence-electron chi connectivity index (χ2n) is 4.91. The highest BCUT2D eigenvalue weighted by atomic mass is 14.9. The lowest BCUT2D eigenvalue weighted by Gasteiger charge is -2.26. The van der Waals surface area contributed by atoms with Gasteiger partial charge in [-0.25, -0.2) is 0 Å². The molecule has 0 saturated heterocycles. The minimum Gasteiger partial charge on any atom is -0.316 e. The fourth-order valence-electron chi connectivity index (χ4n) is 2.92. The van der Waals surface area contributed by atoms with Gasteiger partial charge in [0.1, 0.15) is 0 Å². The summed E-state index contributed by atoms with van der Waals surface area (Å²) in [5.74, 6) is 2.74. The van der Waals surface area contributed by atoms with Crippen molar-refractivity contribution in [2.75, 3.05) is 7.05 Å². The van der Waals surface area contributed by atoms with Crippen LogP contribution in [0.2, 0.25) is 0 Å². The average Bonchev–Trinajstić information content (AvgIpc) is 2.53. The monoisotopic (exact) mass is 183 g/mol. The van der Waals surface area contributed by atoms with Crippen LogP contribution in [0.4, 0.5) is 0 Å². The van der Waals surface area contributed by atoms with Crippen molar-refractivity contribution in [1.29, 1.82) is 0 Å². The Morgan fingerprint density at radius 1 is 1.31 bits per heavy atom. The van der Waals surface area contributed by atoms with E-state index in [4.69, 9.17) is 0 Å². The molecule has 0 spiro atoms. The number of rotatable bonds is 4. The SMILES string of the molecule is CCC1CCC(C(NC)C(C)C)C1. The zero-order chi connectivity index (χ0) is 9.84. The lowest BCUT2D eigenvalue weighted by atomic mass is 9.88. The third-order valence-corrected chi connectivity index (χ3v) is 3.72. The molecule has 1 nitrogen and oxygen atoms in total. The molecule has 1 aliphatic rings. The molecule has 3 atom stereocenters. The molecule has 0 aromatic heterocycles. The van der Waals surface area contributed by atoms with E-state index >= 15 is 0 Å². The Kier molecular flexibility index (Phi) is 4.24. The van der Waals surface area contributed by atoms with Gasteiger partial charge in [-0.1, -0.05) is 33.6 Å². The van der Waals surface area contributed by atoms with E-state index in [0.29, 0.717) is 0 Å². The van der Waals surface area contributed by atoms with Crippen LogP contribution in [0.25, 0.3) is 0 Å². The first kappa shape index (κ1) is 11.0. The standard InChI is InChI=1S/C12H25N/c1-5-10-6-7-11(8-10)12(13-4)9(2)3/h9-13H,5-8H2,1-4H3. The molecule has 1 rings (SSSR count). The van der Waals surface area contributed by atoms with Crippen LogP contribution in [0.5, 0.6) is 0 Å². The molecule has 0 bridgehead atoms. The average molecular weight is 183 g/mol. The smallest absolute Gasteiger partial charge is 0.0115 e. The van der Waals surface area contributed by atoms with Gasteiger partial charge in [0.15, 0.2) is 0 Å². The van der Waals surface area contributed by atoms with E-state index in [0.717, 1.165) is 23.8 Å². The molecule has 1 aliphatic carbocycles. The van der Waals surface area contributed by atoms with Crippen LogP contribution in [0.1, 0.15) is 46.5 Å². The van der Waals surface area contributed by atoms with Gasteiger partial charge in [0.25, 0.3) is 0 Å². The fourth-order valence-corrected chi connectivity index (χ4v) is 2.92. The molecule has 78 valence electrons. The Morgan fingerprint density at radius 2 is 2.00 bits per heavy atom. The highest BCUT2D eigenvalue weighted by Crippen LogP contribution is 2.36. The largest absolute Gasteiger partial charge is 0.316 e. The third kappa shape index (κ3) is 2.70. The van der Waals surface area contributed by atoms with Crippen LogP contribution in [-0.2, 0) is 0 Å². The fraction of sp³-hybridized carbons (Fsp3) is 1.00. The van der Waals surface area contributed by atoms with Gasteiger partial charge >= 0.3 is 0 Å². The van der Waals surface area contributed by atoms with E-state index in [1.165, 1.54) is 25.7 Å². The maximum Gasteiger partial charge on any atom is 0.0115 e. The van der Waals surface area contributed by atoms with Gasteiger partial charge in [-0.05, 0) is 37.6 Å². The highest BCUT2D eigenvalue weighted by Gasteiger charge is 2.30. The lowest BCUT2D eigenvalue weighted by Crippen LogP contribution is -2.37. The van der Waals surface area contributed by atoms with Crippen LogP contribution in [0.3, 0.4) is 0 Å². The normalized spacial score (nSPS) is 31.2. The summed E-state index contributed by atoms with van der Waals surface area (Å²) in [6.07, 6.45) is 5.75. The van der Waals surface area contributed by atoms with Crippen molar-refractivity contribution in [2.45, 2.75) is 52.5 Å². The molecule has 0 radical (unpaired) electrons. The van der Waals surface area contributed by atoms with E-state index in [9.17, 15) is 0 Å². The van der Waals surface area contributed by atoms with Crippen LogP contribution < -0.4 is 5.32 Å². The number of nitrogens with one attached hydrogen (secondary N) is 1.